The molecule has 3 rings (SSSR count). The number of nitrogens with one attached hydrogen (secondary N) is 1. The first-order valence-electron chi connectivity index (χ1n) is 6.20. The Kier molecular flexibility index (Phi) is 2.87. The molecule has 0 saturated carbocycles. The Hall–Kier alpha value is -2.82. The van der Waals surface area contributed by atoms with E-state index in [9.17, 15) is 0 Å². The van der Waals surface area contributed by atoms with E-state index in [0.29, 0.717) is 5.84 Å². The molecule has 3 aromatic rings. The fraction of sp³-hybridized carbons (Fsp3) is 0.0667. The first kappa shape index (κ1) is 12.2. The Balaban J connectivity index is 2.15. The molecule has 0 fully saturated rings. The summed E-state index contributed by atoms with van der Waals surface area (Å²) in [6, 6.07) is 13.4. The summed E-state index contributed by atoms with van der Waals surface area (Å²) in [7, 11) is 1.64. The van der Waals surface area contributed by atoms with Crippen LogP contribution in [0.1, 0.15) is 5.56 Å². The van der Waals surface area contributed by atoms with Gasteiger partial charge in [0.25, 0.3) is 5.84 Å². The van der Waals surface area contributed by atoms with Crippen molar-refractivity contribution in [3.05, 3.63) is 48.0 Å². The number of H-pyrrole nitrogens is 1. The maximum absolute atomic E-state index is 5.61. The number of fused-ring (bicyclic) bond motifs is 1. The number of benzene rings is 2. The topological polar surface area (TPSA) is 89.5 Å². The minimum Gasteiger partial charge on any atom is -0.496 e. The van der Waals surface area contributed by atoms with Crippen molar-refractivity contribution in [1.29, 1.82) is 0 Å². The molecule has 0 bridgehead atoms. The number of aromatic amines is 1. The van der Waals surface area contributed by atoms with Crippen LogP contribution in [-0.2, 0) is 0 Å². The summed E-state index contributed by atoms with van der Waals surface area (Å²) in [5, 5.41) is 5.61. The average Bonchev–Trinajstić information content (AvgIpc) is 2.89. The summed E-state index contributed by atoms with van der Waals surface area (Å²) >= 11 is 0. The van der Waals surface area contributed by atoms with E-state index in [1.807, 2.05) is 42.5 Å². The molecule has 100 valence electrons. The number of nitrogens with two attached hydrogens (primary N) is 2. The first-order chi connectivity index (χ1) is 9.69. The fourth-order valence-corrected chi connectivity index (χ4v) is 2.16. The Labute approximate surface area is 115 Å². The van der Waals surface area contributed by atoms with Gasteiger partial charge in [-0.3, -0.25) is 11.1 Å². The van der Waals surface area contributed by atoms with Crippen LogP contribution in [0.25, 0.3) is 22.4 Å². The zero-order valence-corrected chi connectivity index (χ0v) is 11.1. The van der Waals surface area contributed by atoms with Gasteiger partial charge in [0.15, 0.2) is 0 Å². The molecule has 5 heteroatoms. The average molecular weight is 267 g/mol. The summed E-state index contributed by atoms with van der Waals surface area (Å²) in [5.41, 5.74) is 9.05. The SMILES string of the molecule is COc1ccccc1-c1nc2ccc(C(N)=[NH2+])cc2[nH]1. The molecule has 20 heavy (non-hydrogen) atoms. The van der Waals surface area contributed by atoms with Gasteiger partial charge in [0.1, 0.15) is 11.6 Å². The highest BCUT2D eigenvalue weighted by Crippen LogP contribution is 2.29. The number of hydrogen-bond acceptors (Lipinski definition) is 2. The van der Waals surface area contributed by atoms with Crippen LogP contribution in [0.15, 0.2) is 42.5 Å². The molecule has 0 amide bonds. The summed E-state index contributed by atoms with van der Waals surface area (Å²) < 4.78 is 5.35. The Morgan fingerprint density at radius 1 is 1.25 bits per heavy atom. The molecule has 0 spiro atoms. The first-order valence-corrected chi connectivity index (χ1v) is 6.20. The van der Waals surface area contributed by atoms with Crippen molar-refractivity contribution in [2.75, 3.05) is 7.11 Å². The van der Waals surface area contributed by atoms with Crippen molar-refractivity contribution in [3.8, 4) is 17.1 Å². The number of hydrogen-bond donors (Lipinski definition) is 3. The van der Waals surface area contributed by atoms with Crippen molar-refractivity contribution in [2.45, 2.75) is 0 Å². The molecule has 1 heterocycles. The largest absolute Gasteiger partial charge is 0.496 e. The highest BCUT2D eigenvalue weighted by atomic mass is 16.5. The normalized spacial score (nSPS) is 10.7. The summed E-state index contributed by atoms with van der Waals surface area (Å²) in [5.74, 6) is 1.82. The number of aromatic nitrogens is 2. The molecule has 5 N–H and O–H groups in total. The van der Waals surface area contributed by atoms with Crippen molar-refractivity contribution >= 4 is 16.9 Å². The maximum atomic E-state index is 5.61. The highest BCUT2D eigenvalue weighted by Gasteiger charge is 2.11. The lowest BCUT2D eigenvalue weighted by Crippen LogP contribution is -2.46. The molecular weight excluding hydrogens is 252 g/mol. The van der Waals surface area contributed by atoms with Gasteiger partial charge in [-0.2, -0.15) is 0 Å². The fourth-order valence-electron chi connectivity index (χ4n) is 2.16. The van der Waals surface area contributed by atoms with E-state index in [0.717, 1.165) is 33.7 Å². The van der Waals surface area contributed by atoms with Crippen molar-refractivity contribution < 1.29 is 10.1 Å². The summed E-state index contributed by atoms with van der Waals surface area (Å²) in [6.45, 7) is 0. The van der Waals surface area contributed by atoms with Gasteiger partial charge in [-0.1, -0.05) is 12.1 Å². The van der Waals surface area contributed by atoms with E-state index >= 15 is 0 Å². The number of imidazole rings is 1. The molecule has 0 aliphatic heterocycles. The van der Waals surface area contributed by atoms with Crippen LogP contribution in [0.5, 0.6) is 5.75 Å². The van der Waals surface area contributed by atoms with E-state index < -0.39 is 0 Å². The van der Waals surface area contributed by atoms with Crippen molar-refractivity contribution in [1.82, 2.24) is 9.97 Å². The Bertz CT molecular complexity index is 791. The molecule has 0 saturated heterocycles. The summed E-state index contributed by atoms with van der Waals surface area (Å²) in [6.07, 6.45) is 0. The second kappa shape index (κ2) is 4.70. The number of ether oxygens (including phenoxy) is 1. The minimum atomic E-state index is 0.292. The number of rotatable bonds is 3. The van der Waals surface area contributed by atoms with Crippen LogP contribution >= 0.6 is 0 Å². The lowest BCUT2D eigenvalue weighted by molar-refractivity contribution is -0.114. The molecule has 5 nitrogen and oxygen atoms in total. The van der Waals surface area contributed by atoms with Crippen LogP contribution in [0, 0.1) is 0 Å². The smallest absolute Gasteiger partial charge is 0.270 e. The molecule has 1 aromatic heterocycles. The van der Waals surface area contributed by atoms with Gasteiger partial charge in [-0.15, -0.1) is 0 Å². The molecule has 2 aromatic carbocycles. The van der Waals surface area contributed by atoms with Gasteiger partial charge < -0.3 is 9.72 Å². The quantitative estimate of drug-likeness (QED) is 0.482. The highest BCUT2D eigenvalue weighted by molar-refractivity contribution is 5.96. The number of amidine groups is 1. The molecule has 0 atom stereocenters. The third-order valence-electron chi connectivity index (χ3n) is 3.18. The molecule has 0 unspecified atom stereocenters. The maximum Gasteiger partial charge on any atom is 0.270 e. The predicted octanol–water partition coefficient (Wildman–Crippen LogP) is 0.703. The van der Waals surface area contributed by atoms with Crippen LogP contribution in [-0.4, -0.2) is 22.9 Å². The van der Waals surface area contributed by atoms with Gasteiger partial charge in [-0.25, -0.2) is 4.98 Å². The Morgan fingerprint density at radius 2 is 2.05 bits per heavy atom. The van der Waals surface area contributed by atoms with Gasteiger partial charge in [0.05, 0.1) is 29.3 Å². The Morgan fingerprint density at radius 3 is 2.80 bits per heavy atom. The van der Waals surface area contributed by atoms with Crippen LogP contribution in [0.3, 0.4) is 0 Å². The van der Waals surface area contributed by atoms with E-state index in [-0.39, 0.29) is 0 Å². The minimum absolute atomic E-state index is 0.292. The van der Waals surface area contributed by atoms with Crippen molar-refractivity contribution in [3.63, 3.8) is 0 Å². The molecule has 0 aliphatic carbocycles. The van der Waals surface area contributed by atoms with Gasteiger partial charge in [0.2, 0.25) is 0 Å². The lowest BCUT2D eigenvalue weighted by Gasteiger charge is -2.04. The molecule has 0 aliphatic rings. The number of nitrogens with zero attached hydrogens (tertiary/aromatic N) is 1. The zero-order chi connectivity index (χ0) is 14.1. The van der Waals surface area contributed by atoms with Gasteiger partial charge >= 0.3 is 0 Å². The third-order valence-corrected chi connectivity index (χ3v) is 3.18. The van der Waals surface area contributed by atoms with Gasteiger partial charge in [-0.05, 0) is 30.3 Å². The standard InChI is InChI=1S/C15H14N4O/c1-20-13-5-3-2-4-10(13)15-18-11-7-6-9(14(16)17)8-12(11)19-15/h2-8H,1H3,(H3,16,17)(H,18,19)/p+1. The van der Waals surface area contributed by atoms with Gasteiger partial charge in [0, 0.05) is 0 Å². The molecule has 0 radical (unpaired) electrons. The van der Waals surface area contributed by atoms with E-state index in [4.69, 9.17) is 15.9 Å². The zero-order valence-electron chi connectivity index (χ0n) is 11.1. The van der Waals surface area contributed by atoms with Crippen LogP contribution < -0.4 is 15.9 Å². The third kappa shape index (κ3) is 1.99. The van der Waals surface area contributed by atoms with E-state index in [1.54, 1.807) is 7.11 Å². The second-order valence-corrected chi connectivity index (χ2v) is 4.47. The predicted molar refractivity (Wildman–Crippen MR) is 78.3 cm³/mol. The number of methoxy groups -OCH3 is 1. The summed E-state index contributed by atoms with van der Waals surface area (Å²) in [4.78, 5) is 7.83. The monoisotopic (exact) mass is 267 g/mol. The lowest BCUT2D eigenvalue weighted by atomic mass is 10.2. The second-order valence-electron chi connectivity index (χ2n) is 4.47. The van der Waals surface area contributed by atoms with Crippen LogP contribution in [0.4, 0.5) is 0 Å². The van der Waals surface area contributed by atoms with E-state index in [1.165, 1.54) is 0 Å². The van der Waals surface area contributed by atoms with E-state index in [2.05, 4.69) is 9.97 Å². The van der Waals surface area contributed by atoms with Crippen LogP contribution in [0.2, 0.25) is 0 Å². The van der Waals surface area contributed by atoms with Crippen molar-refractivity contribution in [2.24, 2.45) is 5.73 Å². The molecular formula is C15H15N4O+. The number of para-hydroxylation sites is 1.